The Balaban J connectivity index is 2.41. The average molecular weight is 207 g/mol. The van der Waals surface area contributed by atoms with Crippen LogP contribution >= 0.6 is 0 Å². The van der Waals surface area contributed by atoms with Gasteiger partial charge < -0.3 is 10.3 Å². The van der Waals surface area contributed by atoms with Gasteiger partial charge in [0.05, 0.1) is 5.69 Å². The molecule has 0 bridgehead atoms. The van der Waals surface area contributed by atoms with Crippen molar-refractivity contribution in [2.75, 3.05) is 0 Å². The summed E-state index contributed by atoms with van der Waals surface area (Å²) in [6.45, 7) is 6.35. The van der Waals surface area contributed by atoms with Crippen LogP contribution in [0.3, 0.4) is 0 Å². The summed E-state index contributed by atoms with van der Waals surface area (Å²) in [5, 5.41) is 0. The van der Waals surface area contributed by atoms with Gasteiger partial charge in [0.2, 0.25) is 0 Å². The lowest BCUT2D eigenvalue weighted by Crippen LogP contribution is -2.29. The number of aryl methyl sites for hydroxylation is 2. The van der Waals surface area contributed by atoms with Gasteiger partial charge in [0.25, 0.3) is 0 Å². The van der Waals surface area contributed by atoms with Gasteiger partial charge in [-0.1, -0.05) is 0 Å². The van der Waals surface area contributed by atoms with Gasteiger partial charge in [-0.25, -0.2) is 4.98 Å². The highest BCUT2D eigenvalue weighted by atomic mass is 15.1. The molecule has 0 fully saturated rings. The van der Waals surface area contributed by atoms with Crippen molar-refractivity contribution in [3.63, 3.8) is 0 Å². The third kappa shape index (κ3) is 1.81. The number of rotatable bonds is 2. The Labute approximate surface area is 91.7 Å². The molecule has 0 saturated carbocycles. The van der Waals surface area contributed by atoms with Crippen LogP contribution in [0, 0.1) is 6.92 Å². The van der Waals surface area contributed by atoms with Gasteiger partial charge in [0, 0.05) is 17.8 Å². The van der Waals surface area contributed by atoms with E-state index in [1.807, 2.05) is 0 Å². The maximum Gasteiger partial charge on any atom is 0.106 e. The smallest absolute Gasteiger partial charge is 0.106 e. The Morgan fingerprint density at radius 3 is 2.60 bits per heavy atom. The van der Waals surface area contributed by atoms with E-state index in [0.29, 0.717) is 6.04 Å². The lowest BCUT2D eigenvalue weighted by atomic mass is 10.0. The number of nitrogens with zero attached hydrogens (tertiary/aromatic N) is 2. The highest BCUT2D eigenvalue weighted by Crippen LogP contribution is 2.26. The van der Waals surface area contributed by atoms with Crippen LogP contribution in [0.2, 0.25) is 0 Å². The van der Waals surface area contributed by atoms with E-state index in [0.717, 1.165) is 12.2 Å². The molecule has 1 heterocycles. The zero-order valence-electron chi connectivity index (χ0n) is 9.95. The largest absolute Gasteiger partial charge is 0.328 e. The third-order valence-electron chi connectivity index (χ3n) is 3.51. The minimum atomic E-state index is 0.184. The van der Waals surface area contributed by atoms with Gasteiger partial charge >= 0.3 is 0 Å². The summed E-state index contributed by atoms with van der Waals surface area (Å²) in [5.74, 6) is 1.13. The molecule has 0 spiro atoms. The fraction of sp³-hybridized carbons (Fsp3) is 0.750. The summed E-state index contributed by atoms with van der Waals surface area (Å²) < 4.78 is 2.35. The van der Waals surface area contributed by atoms with E-state index in [4.69, 9.17) is 5.73 Å². The zero-order chi connectivity index (χ0) is 11.0. The van der Waals surface area contributed by atoms with Crippen LogP contribution in [0.15, 0.2) is 0 Å². The Kier molecular flexibility index (Phi) is 2.83. The van der Waals surface area contributed by atoms with Gasteiger partial charge in [-0.15, -0.1) is 0 Å². The second kappa shape index (κ2) is 3.97. The number of nitrogens with two attached hydrogens (primary N) is 1. The van der Waals surface area contributed by atoms with Crippen molar-refractivity contribution in [1.82, 2.24) is 9.55 Å². The van der Waals surface area contributed by atoms with Crippen molar-refractivity contribution in [3.8, 4) is 0 Å². The van der Waals surface area contributed by atoms with Crippen LogP contribution < -0.4 is 5.73 Å². The minimum absolute atomic E-state index is 0.184. The molecular weight excluding hydrogens is 186 g/mol. The Bertz CT molecular complexity index is 352. The molecule has 0 saturated heterocycles. The highest BCUT2D eigenvalue weighted by molar-refractivity contribution is 5.21. The fourth-order valence-electron chi connectivity index (χ4n) is 2.47. The predicted octanol–water partition coefficient (Wildman–Crippen LogP) is 1.98. The van der Waals surface area contributed by atoms with Gasteiger partial charge in [-0.05, 0) is 46.5 Å². The monoisotopic (exact) mass is 207 g/mol. The van der Waals surface area contributed by atoms with Crippen LogP contribution in [0.5, 0.6) is 0 Å². The number of fused-ring (bicyclic) bond motifs is 1. The van der Waals surface area contributed by atoms with E-state index in [1.54, 1.807) is 0 Å². The summed E-state index contributed by atoms with van der Waals surface area (Å²) in [6, 6.07) is 0.545. The summed E-state index contributed by atoms with van der Waals surface area (Å²) in [5.41, 5.74) is 8.73. The Morgan fingerprint density at radius 2 is 1.93 bits per heavy atom. The van der Waals surface area contributed by atoms with Gasteiger partial charge in [-0.3, -0.25) is 0 Å². The molecule has 1 aliphatic carbocycles. The number of hydrogen-bond donors (Lipinski definition) is 1. The van der Waals surface area contributed by atoms with E-state index in [1.165, 1.54) is 30.7 Å². The van der Waals surface area contributed by atoms with Crippen LogP contribution in [-0.4, -0.2) is 15.6 Å². The maximum atomic E-state index is 5.98. The molecule has 2 rings (SSSR count). The quantitative estimate of drug-likeness (QED) is 0.806. The van der Waals surface area contributed by atoms with E-state index < -0.39 is 0 Å². The standard InChI is InChI=1S/C12H21N3/c1-8(13)9(2)15-10(3)14-11-6-4-5-7-12(11)15/h8-9H,4-7,13H2,1-3H3. The second-order valence-electron chi connectivity index (χ2n) is 4.73. The number of aromatic nitrogens is 2. The first-order valence-corrected chi connectivity index (χ1v) is 5.93. The molecule has 2 atom stereocenters. The molecule has 2 N–H and O–H groups in total. The average Bonchev–Trinajstić information content (AvgIpc) is 2.52. The molecule has 0 aromatic carbocycles. The van der Waals surface area contributed by atoms with Crippen molar-refractivity contribution in [1.29, 1.82) is 0 Å². The molecule has 0 amide bonds. The summed E-state index contributed by atoms with van der Waals surface area (Å²) in [6.07, 6.45) is 4.90. The first-order chi connectivity index (χ1) is 7.11. The number of hydrogen-bond acceptors (Lipinski definition) is 2. The zero-order valence-corrected chi connectivity index (χ0v) is 9.95. The molecule has 1 aliphatic rings. The van der Waals surface area contributed by atoms with Crippen LogP contribution in [0.4, 0.5) is 0 Å². The van der Waals surface area contributed by atoms with Crippen molar-refractivity contribution < 1.29 is 0 Å². The minimum Gasteiger partial charge on any atom is -0.328 e. The molecule has 0 radical (unpaired) electrons. The van der Waals surface area contributed by atoms with Crippen molar-refractivity contribution in [2.24, 2.45) is 5.73 Å². The normalized spacial score (nSPS) is 19.7. The van der Waals surface area contributed by atoms with E-state index in [9.17, 15) is 0 Å². The van der Waals surface area contributed by atoms with Crippen LogP contribution in [0.1, 0.15) is 49.9 Å². The first kappa shape index (κ1) is 10.7. The van der Waals surface area contributed by atoms with E-state index in [-0.39, 0.29) is 6.04 Å². The summed E-state index contributed by atoms with van der Waals surface area (Å²) in [4.78, 5) is 4.66. The fourth-order valence-corrected chi connectivity index (χ4v) is 2.47. The molecule has 3 heteroatoms. The first-order valence-electron chi connectivity index (χ1n) is 5.93. The van der Waals surface area contributed by atoms with Gasteiger partial charge in [-0.2, -0.15) is 0 Å². The van der Waals surface area contributed by atoms with Gasteiger partial charge in [0.15, 0.2) is 0 Å². The van der Waals surface area contributed by atoms with Crippen molar-refractivity contribution in [2.45, 2.75) is 58.5 Å². The maximum absolute atomic E-state index is 5.98. The molecule has 0 aliphatic heterocycles. The van der Waals surface area contributed by atoms with E-state index in [2.05, 4.69) is 30.3 Å². The molecule has 84 valence electrons. The SMILES string of the molecule is Cc1nc2c(n1C(C)C(C)N)CCCC2. The van der Waals surface area contributed by atoms with Crippen molar-refractivity contribution in [3.05, 3.63) is 17.2 Å². The molecule has 2 unspecified atom stereocenters. The summed E-state index contributed by atoms with van der Waals surface area (Å²) >= 11 is 0. The molecular formula is C12H21N3. The van der Waals surface area contributed by atoms with Crippen LogP contribution in [0.25, 0.3) is 0 Å². The molecule has 3 nitrogen and oxygen atoms in total. The lowest BCUT2D eigenvalue weighted by Gasteiger charge is -2.23. The van der Waals surface area contributed by atoms with E-state index >= 15 is 0 Å². The molecule has 1 aromatic heterocycles. The summed E-state index contributed by atoms with van der Waals surface area (Å²) in [7, 11) is 0. The number of imidazole rings is 1. The Hall–Kier alpha value is -0.830. The third-order valence-corrected chi connectivity index (χ3v) is 3.51. The lowest BCUT2D eigenvalue weighted by molar-refractivity contribution is 0.438. The molecule has 15 heavy (non-hydrogen) atoms. The molecule has 1 aromatic rings. The second-order valence-corrected chi connectivity index (χ2v) is 4.73. The highest BCUT2D eigenvalue weighted by Gasteiger charge is 2.22. The Morgan fingerprint density at radius 1 is 1.27 bits per heavy atom. The predicted molar refractivity (Wildman–Crippen MR) is 62.0 cm³/mol. The van der Waals surface area contributed by atoms with Gasteiger partial charge in [0.1, 0.15) is 5.82 Å². The van der Waals surface area contributed by atoms with Crippen molar-refractivity contribution >= 4 is 0 Å². The van der Waals surface area contributed by atoms with Crippen LogP contribution in [-0.2, 0) is 12.8 Å². The topological polar surface area (TPSA) is 43.8 Å².